The van der Waals surface area contributed by atoms with Crippen molar-refractivity contribution in [1.82, 2.24) is 10.2 Å². The molecule has 1 atom stereocenters. The summed E-state index contributed by atoms with van der Waals surface area (Å²) in [5, 5.41) is 3.43. The Kier molecular flexibility index (Phi) is 8.98. The van der Waals surface area contributed by atoms with E-state index in [1.807, 2.05) is 30.3 Å². The first-order valence-electron chi connectivity index (χ1n) is 10.6. The third-order valence-corrected chi connectivity index (χ3v) is 5.39. The van der Waals surface area contributed by atoms with E-state index < -0.39 is 6.04 Å². The van der Waals surface area contributed by atoms with Gasteiger partial charge in [0.15, 0.2) is 0 Å². The summed E-state index contributed by atoms with van der Waals surface area (Å²) in [7, 11) is 1.55. The van der Waals surface area contributed by atoms with Gasteiger partial charge in [-0.2, -0.15) is 0 Å². The summed E-state index contributed by atoms with van der Waals surface area (Å²) in [6.07, 6.45) is 0.0903. The van der Waals surface area contributed by atoms with Crippen LogP contribution in [-0.2, 0) is 27.3 Å². The first kappa shape index (κ1) is 24.4. The van der Waals surface area contributed by atoms with Crippen molar-refractivity contribution < 1.29 is 18.7 Å². The number of amides is 2. The minimum Gasteiger partial charge on any atom is -0.383 e. The van der Waals surface area contributed by atoms with Crippen molar-refractivity contribution in [2.24, 2.45) is 0 Å². The molecule has 0 heterocycles. The summed E-state index contributed by atoms with van der Waals surface area (Å²) in [6.45, 7) is 0.808. The molecule has 3 aromatic rings. The maximum Gasteiger partial charge on any atom is 0.247 e. The SMILES string of the molecule is COCCNC(=O)C(c1ccccc1)N(Cc1ccc(F)cc1)C(=O)Cc1ccc(Cl)cc1. The Labute approximate surface area is 198 Å². The highest BCUT2D eigenvalue weighted by atomic mass is 35.5. The van der Waals surface area contributed by atoms with Crippen LogP contribution in [0.2, 0.25) is 5.02 Å². The minimum atomic E-state index is -0.868. The minimum absolute atomic E-state index is 0.0903. The molecule has 172 valence electrons. The largest absolute Gasteiger partial charge is 0.383 e. The standard InChI is InChI=1S/C26H26ClFN2O3/c1-33-16-15-29-26(32)25(21-5-3-2-4-6-21)30(18-20-9-13-23(28)14-10-20)24(31)17-19-7-11-22(27)12-8-19/h2-14,25H,15-18H2,1H3,(H,29,32). The zero-order valence-electron chi connectivity index (χ0n) is 18.3. The van der Waals surface area contributed by atoms with Gasteiger partial charge in [-0.3, -0.25) is 9.59 Å². The summed E-state index contributed by atoms with van der Waals surface area (Å²) >= 11 is 5.97. The second-order valence-corrected chi connectivity index (χ2v) is 7.98. The van der Waals surface area contributed by atoms with Gasteiger partial charge in [0.2, 0.25) is 11.8 Å². The zero-order valence-corrected chi connectivity index (χ0v) is 19.1. The van der Waals surface area contributed by atoms with Crippen LogP contribution >= 0.6 is 11.6 Å². The van der Waals surface area contributed by atoms with E-state index in [2.05, 4.69) is 5.32 Å². The molecule has 2 amide bonds. The van der Waals surface area contributed by atoms with Crippen LogP contribution in [0, 0.1) is 5.82 Å². The van der Waals surface area contributed by atoms with Crippen LogP contribution in [0.1, 0.15) is 22.7 Å². The number of nitrogens with one attached hydrogen (secondary N) is 1. The molecule has 0 aliphatic carbocycles. The van der Waals surface area contributed by atoms with Crippen molar-refractivity contribution >= 4 is 23.4 Å². The third-order valence-electron chi connectivity index (χ3n) is 5.14. The molecule has 0 saturated carbocycles. The second-order valence-electron chi connectivity index (χ2n) is 7.55. The van der Waals surface area contributed by atoms with Gasteiger partial charge in [-0.25, -0.2) is 4.39 Å². The molecule has 1 N–H and O–H groups in total. The van der Waals surface area contributed by atoms with E-state index in [-0.39, 0.29) is 30.6 Å². The molecule has 0 fully saturated rings. The van der Waals surface area contributed by atoms with Crippen molar-refractivity contribution in [2.75, 3.05) is 20.3 Å². The quantitative estimate of drug-likeness (QED) is 0.444. The molecule has 3 rings (SSSR count). The van der Waals surface area contributed by atoms with E-state index >= 15 is 0 Å². The van der Waals surface area contributed by atoms with E-state index in [1.165, 1.54) is 17.0 Å². The van der Waals surface area contributed by atoms with Crippen molar-refractivity contribution in [1.29, 1.82) is 0 Å². The van der Waals surface area contributed by atoms with Crippen LogP contribution < -0.4 is 5.32 Å². The predicted octanol–water partition coefficient (Wildman–Crippen LogP) is 4.55. The monoisotopic (exact) mass is 468 g/mol. The zero-order chi connectivity index (χ0) is 23.6. The molecule has 0 aliphatic heterocycles. The lowest BCUT2D eigenvalue weighted by atomic mass is 10.0. The summed E-state index contributed by atoms with van der Waals surface area (Å²) in [6, 6.07) is 21.2. The Hall–Kier alpha value is -3.22. The average molecular weight is 469 g/mol. The number of rotatable bonds is 10. The molecular weight excluding hydrogens is 443 g/mol. The summed E-state index contributed by atoms with van der Waals surface area (Å²) in [4.78, 5) is 28.3. The highest BCUT2D eigenvalue weighted by Gasteiger charge is 2.31. The predicted molar refractivity (Wildman–Crippen MR) is 126 cm³/mol. The van der Waals surface area contributed by atoms with Crippen LogP contribution in [0.15, 0.2) is 78.9 Å². The fourth-order valence-electron chi connectivity index (χ4n) is 3.47. The Bertz CT molecular complexity index is 1040. The van der Waals surface area contributed by atoms with Crippen molar-refractivity contribution in [3.63, 3.8) is 0 Å². The van der Waals surface area contributed by atoms with Crippen molar-refractivity contribution in [2.45, 2.75) is 19.0 Å². The van der Waals surface area contributed by atoms with Gasteiger partial charge in [-0.15, -0.1) is 0 Å². The van der Waals surface area contributed by atoms with Gasteiger partial charge in [-0.1, -0.05) is 66.2 Å². The van der Waals surface area contributed by atoms with Crippen LogP contribution in [0.4, 0.5) is 4.39 Å². The molecule has 0 radical (unpaired) electrons. The molecular formula is C26H26ClFN2O3. The number of ether oxygens (including phenoxy) is 1. The van der Waals surface area contributed by atoms with Crippen molar-refractivity contribution in [3.8, 4) is 0 Å². The molecule has 33 heavy (non-hydrogen) atoms. The van der Waals surface area contributed by atoms with E-state index in [4.69, 9.17) is 16.3 Å². The number of nitrogens with zero attached hydrogens (tertiary/aromatic N) is 1. The van der Waals surface area contributed by atoms with E-state index in [9.17, 15) is 14.0 Å². The van der Waals surface area contributed by atoms with Gasteiger partial charge >= 0.3 is 0 Å². The Morgan fingerprint density at radius 1 is 0.970 bits per heavy atom. The van der Waals surface area contributed by atoms with Crippen LogP contribution in [0.25, 0.3) is 0 Å². The van der Waals surface area contributed by atoms with Gasteiger partial charge in [0.1, 0.15) is 11.9 Å². The van der Waals surface area contributed by atoms with Gasteiger partial charge in [0.05, 0.1) is 13.0 Å². The number of hydrogen-bond donors (Lipinski definition) is 1. The number of carbonyl (C=O) groups excluding carboxylic acids is 2. The van der Waals surface area contributed by atoms with Gasteiger partial charge in [-0.05, 0) is 41.0 Å². The van der Waals surface area contributed by atoms with Crippen LogP contribution in [0.5, 0.6) is 0 Å². The third kappa shape index (κ3) is 7.14. The highest BCUT2D eigenvalue weighted by molar-refractivity contribution is 6.30. The van der Waals surface area contributed by atoms with Gasteiger partial charge in [0.25, 0.3) is 0 Å². The topological polar surface area (TPSA) is 58.6 Å². The van der Waals surface area contributed by atoms with Crippen molar-refractivity contribution in [3.05, 3.63) is 106 Å². The number of hydrogen-bond acceptors (Lipinski definition) is 3. The molecule has 5 nitrogen and oxygen atoms in total. The number of methoxy groups -OCH3 is 1. The van der Waals surface area contributed by atoms with E-state index in [1.54, 1.807) is 43.5 Å². The second kappa shape index (κ2) is 12.1. The van der Waals surface area contributed by atoms with E-state index in [0.717, 1.165) is 5.56 Å². The maximum atomic E-state index is 13.5. The first-order chi connectivity index (χ1) is 16.0. The Morgan fingerprint density at radius 2 is 1.61 bits per heavy atom. The summed E-state index contributed by atoms with van der Waals surface area (Å²) in [5.41, 5.74) is 2.17. The fourth-order valence-corrected chi connectivity index (χ4v) is 3.60. The summed E-state index contributed by atoms with van der Waals surface area (Å²) < 4.78 is 18.5. The molecule has 0 aromatic heterocycles. The van der Waals surface area contributed by atoms with Gasteiger partial charge in [0, 0.05) is 25.2 Å². The maximum absolute atomic E-state index is 13.5. The number of halogens is 2. The summed E-state index contributed by atoms with van der Waals surface area (Å²) in [5.74, 6) is -0.920. The van der Waals surface area contributed by atoms with Crippen LogP contribution in [0.3, 0.4) is 0 Å². The first-order valence-corrected chi connectivity index (χ1v) is 11.0. The molecule has 3 aromatic carbocycles. The van der Waals surface area contributed by atoms with Gasteiger partial charge < -0.3 is 15.0 Å². The van der Waals surface area contributed by atoms with E-state index in [0.29, 0.717) is 29.3 Å². The highest BCUT2D eigenvalue weighted by Crippen LogP contribution is 2.25. The smallest absolute Gasteiger partial charge is 0.247 e. The molecule has 1 unspecified atom stereocenters. The number of benzene rings is 3. The number of carbonyl (C=O) groups is 2. The molecule has 0 saturated heterocycles. The normalized spacial score (nSPS) is 11.6. The fraction of sp³-hybridized carbons (Fsp3) is 0.231. The molecule has 7 heteroatoms. The lowest BCUT2D eigenvalue weighted by Gasteiger charge is -2.32. The Morgan fingerprint density at radius 3 is 2.24 bits per heavy atom. The lowest BCUT2D eigenvalue weighted by Crippen LogP contribution is -2.44. The molecule has 0 aliphatic rings. The average Bonchev–Trinajstić information content (AvgIpc) is 2.82. The van der Waals surface area contributed by atoms with Crippen LogP contribution in [-0.4, -0.2) is 37.0 Å². The molecule has 0 bridgehead atoms. The Balaban J connectivity index is 1.96. The lowest BCUT2D eigenvalue weighted by molar-refractivity contribution is -0.141. The molecule has 0 spiro atoms.